The van der Waals surface area contributed by atoms with Gasteiger partial charge in [-0.1, -0.05) is 82.6 Å². The van der Waals surface area contributed by atoms with E-state index in [1.165, 1.54) is 75.2 Å². The van der Waals surface area contributed by atoms with Crippen LogP contribution in [0, 0.1) is 11.8 Å². The molecule has 0 unspecified atom stereocenters. The molecule has 1 aliphatic carbocycles. The number of rotatable bonds is 7. The second kappa shape index (κ2) is 8.55. The first-order valence-electron chi connectivity index (χ1n) is 9.96. The van der Waals surface area contributed by atoms with Crippen molar-refractivity contribution in [3.05, 3.63) is 42.0 Å². The van der Waals surface area contributed by atoms with Crippen molar-refractivity contribution in [2.45, 2.75) is 71.1 Å². The minimum absolute atomic E-state index is 0.353. The van der Waals surface area contributed by atoms with E-state index in [1.807, 2.05) is 12.1 Å². The summed E-state index contributed by atoms with van der Waals surface area (Å²) in [5.41, 5.74) is 1.44. The maximum Gasteiger partial charge on any atom is 0.116 e. The van der Waals surface area contributed by atoms with Gasteiger partial charge in [0.2, 0.25) is 0 Å². The number of phenols is 1. The maximum absolute atomic E-state index is 9.56. The van der Waals surface area contributed by atoms with Crippen molar-refractivity contribution in [1.29, 1.82) is 0 Å². The molecule has 1 N–H and O–H groups in total. The molecule has 0 saturated heterocycles. The third-order valence-electron chi connectivity index (χ3n) is 5.91. The highest BCUT2D eigenvalue weighted by Gasteiger charge is 2.20. The smallest absolute Gasteiger partial charge is 0.116 e. The summed E-state index contributed by atoms with van der Waals surface area (Å²) in [6.07, 6.45) is 14.0. The van der Waals surface area contributed by atoms with E-state index in [0.717, 1.165) is 17.2 Å². The number of aryl methyl sites for hydroxylation is 1. The number of benzene rings is 2. The molecule has 3 rings (SSSR count). The molecule has 1 aliphatic rings. The van der Waals surface area contributed by atoms with E-state index < -0.39 is 0 Å². The summed E-state index contributed by atoms with van der Waals surface area (Å²) in [7, 11) is 0. The maximum atomic E-state index is 9.56. The highest BCUT2D eigenvalue weighted by atomic mass is 16.3. The zero-order valence-electron chi connectivity index (χ0n) is 15.1. The molecule has 0 heterocycles. The van der Waals surface area contributed by atoms with E-state index >= 15 is 0 Å². The summed E-state index contributed by atoms with van der Waals surface area (Å²) in [6, 6.07) is 12.3. The quantitative estimate of drug-likeness (QED) is 0.551. The Morgan fingerprint density at radius 2 is 1.50 bits per heavy atom. The van der Waals surface area contributed by atoms with Crippen LogP contribution in [0.2, 0.25) is 0 Å². The summed E-state index contributed by atoms with van der Waals surface area (Å²) in [5.74, 6) is 2.30. The Morgan fingerprint density at radius 1 is 0.833 bits per heavy atom. The summed E-state index contributed by atoms with van der Waals surface area (Å²) in [4.78, 5) is 0. The van der Waals surface area contributed by atoms with Crippen LogP contribution in [0.15, 0.2) is 36.4 Å². The van der Waals surface area contributed by atoms with Gasteiger partial charge >= 0.3 is 0 Å². The number of hydrogen-bond donors (Lipinski definition) is 1. The summed E-state index contributed by atoms with van der Waals surface area (Å²) >= 11 is 0. The van der Waals surface area contributed by atoms with Crippen molar-refractivity contribution in [3.63, 3.8) is 0 Å². The Kier molecular flexibility index (Phi) is 6.18. The van der Waals surface area contributed by atoms with Crippen molar-refractivity contribution < 1.29 is 5.11 Å². The van der Waals surface area contributed by atoms with E-state index in [0.29, 0.717) is 5.75 Å². The summed E-state index contributed by atoms with van der Waals surface area (Å²) in [5, 5.41) is 11.9. The molecule has 1 heteroatoms. The molecule has 0 radical (unpaired) electrons. The normalized spacial score (nSPS) is 21.2. The van der Waals surface area contributed by atoms with Crippen molar-refractivity contribution in [2.75, 3.05) is 0 Å². The number of unbranched alkanes of at least 4 members (excludes halogenated alkanes) is 2. The van der Waals surface area contributed by atoms with Gasteiger partial charge in [0, 0.05) is 0 Å². The molecule has 130 valence electrons. The lowest BCUT2D eigenvalue weighted by atomic mass is 9.77. The molecule has 0 amide bonds. The fourth-order valence-electron chi connectivity index (χ4n) is 4.30. The first-order chi connectivity index (χ1) is 11.7. The molecule has 24 heavy (non-hydrogen) atoms. The fourth-order valence-corrected chi connectivity index (χ4v) is 4.30. The van der Waals surface area contributed by atoms with Gasteiger partial charge in [-0.2, -0.15) is 0 Å². The van der Waals surface area contributed by atoms with E-state index in [4.69, 9.17) is 0 Å². The van der Waals surface area contributed by atoms with Crippen molar-refractivity contribution in [3.8, 4) is 5.75 Å². The van der Waals surface area contributed by atoms with Gasteiger partial charge in [-0.25, -0.2) is 0 Å². The second-order valence-corrected chi connectivity index (χ2v) is 7.79. The monoisotopic (exact) mass is 324 g/mol. The average Bonchev–Trinajstić information content (AvgIpc) is 2.61. The highest BCUT2D eigenvalue weighted by Crippen LogP contribution is 2.34. The molecule has 1 saturated carbocycles. The lowest BCUT2D eigenvalue weighted by Gasteiger charge is -2.28. The Morgan fingerprint density at radius 3 is 2.25 bits per heavy atom. The predicted molar refractivity (Wildman–Crippen MR) is 104 cm³/mol. The standard InChI is InChI=1S/C23H32O/c1-2-3-4-5-18-6-8-19(9-7-18)10-11-20-12-13-22-17-23(24)15-14-21(22)16-20/h12-19,24H,2-11H2,1H3. The highest BCUT2D eigenvalue weighted by molar-refractivity contribution is 5.84. The van der Waals surface area contributed by atoms with Crippen LogP contribution >= 0.6 is 0 Å². The Labute approximate surface area is 147 Å². The van der Waals surface area contributed by atoms with E-state index in [1.54, 1.807) is 6.07 Å². The van der Waals surface area contributed by atoms with Crippen LogP contribution in [0.3, 0.4) is 0 Å². The molecule has 0 spiro atoms. The molecular formula is C23H32O. The molecule has 0 atom stereocenters. The zero-order chi connectivity index (χ0) is 16.8. The Balaban J connectivity index is 1.46. The minimum atomic E-state index is 0.353. The Bertz CT molecular complexity index is 638. The van der Waals surface area contributed by atoms with Gasteiger partial charge in [-0.05, 0) is 53.1 Å². The average molecular weight is 325 g/mol. The molecule has 2 aromatic carbocycles. The van der Waals surface area contributed by atoms with E-state index in [2.05, 4.69) is 25.1 Å². The van der Waals surface area contributed by atoms with Crippen molar-refractivity contribution >= 4 is 10.8 Å². The lowest BCUT2D eigenvalue weighted by Crippen LogP contribution is -2.15. The van der Waals surface area contributed by atoms with E-state index in [-0.39, 0.29) is 0 Å². The van der Waals surface area contributed by atoms with Crippen LogP contribution in [0.4, 0.5) is 0 Å². The topological polar surface area (TPSA) is 20.2 Å². The van der Waals surface area contributed by atoms with Crippen LogP contribution in [0.25, 0.3) is 10.8 Å². The number of phenolic OH excluding ortho intramolecular Hbond substituents is 1. The lowest BCUT2D eigenvalue weighted by molar-refractivity contribution is 0.249. The zero-order valence-corrected chi connectivity index (χ0v) is 15.1. The number of hydrogen-bond acceptors (Lipinski definition) is 1. The van der Waals surface area contributed by atoms with Crippen LogP contribution < -0.4 is 0 Å². The van der Waals surface area contributed by atoms with Crippen LogP contribution in [0.5, 0.6) is 5.75 Å². The van der Waals surface area contributed by atoms with E-state index in [9.17, 15) is 5.11 Å². The van der Waals surface area contributed by atoms with Gasteiger partial charge in [0.05, 0.1) is 0 Å². The molecular weight excluding hydrogens is 292 g/mol. The summed E-state index contributed by atoms with van der Waals surface area (Å²) in [6.45, 7) is 2.30. The number of fused-ring (bicyclic) bond motifs is 1. The van der Waals surface area contributed by atoms with Crippen LogP contribution in [0.1, 0.15) is 70.3 Å². The third-order valence-corrected chi connectivity index (χ3v) is 5.91. The fraction of sp³-hybridized carbons (Fsp3) is 0.565. The molecule has 0 bridgehead atoms. The molecule has 0 aliphatic heterocycles. The van der Waals surface area contributed by atoms with Gasteiger partial charge in [-0.3, -0.25) is 0 Å². The minimum Gasteiger partial charge on any atom is -0.508 e. The molecule has 1 fully saturated rings. The number of aromatic hydroxyl groups is 1. The van der Waals surface area contributed by atoms with Crippen LogP contribution in [-0.2, 0) is 6.42 Å². The SMILES string of the molecule is CCCCCC1CCC(CCc2ccc3cc(O)ccc3c2)CC1. The summed E-state index contributed by atoms with van der Waals surface area (Å²) < 4.78 is 0. The van der Waals surface area contributed by atoms with Gasteiger partial charge in [0.1, 0.15) is 5.75 Å². The van der Waals surface area contributed by atoms with Gasteiger partial charge in [0.25, 0.3) is 0 Å². The van der Waals surface area contributed by atoms with Crippen molar-refractivity contribution in [2.24, 2.45) is 11.8 Å². The predicted octanol–water partition coefficient (Wildman–Crippen LogP) is 6.86. The first kappa shape index (κ1) is 17.3. The third kappa shape index (κ3) is 4.75. The molecule has 0 aromatic heterocycles. The Hall–Kier alpha value is -1.50. The van der Waals surface area contributed by atoms with Gasteiger partial charge in [-0.15, -0.1) is 0 Å². The second-order valence-electron chi connectivity index (χ2n) is 7.79. The first-order valence-corrected chi connectivity index (χ1v) is 9.96. The van der Waals surface area contributed by atoms with Gasteiger partial charge in [0.15, 0.2) is 0 Å². The molecule has 2 aromatic rings. The van der Waals surface area contributed by atoms with Crippen LogP contribution in [-0.4, -0.2) is 5.11 Å². The largest absolute Gasteiger partial charge is 0.508 e. The van der Waals surface area contributed by atoms with Gasteiger partial charge < -0.3 is 5.11 Å². The van der Waals surface area contributed by atoms with Crippen molar-refractivity contribution in [1.82, 2.24) is 0 Å². The molecule has 1 nitrogen and oxygen atoms in total.